The van der Waals surface area contributed by atoms with Crippen LogP contribution in [0.25, 0.3) is 0 Å². The fourth-order valence-electron chi connectivity index (χ4n) is 1.73. The second-order valence-corrected chi connectivity index (χ2v) is 5.24. The van der Waals surface area contributed by atoms with Crippen LogP contribution in [0.4, 0.5) is 0 Å². The maximum atomic E-state index is 11.9. The molecule has 1 N–H and O–H groups in total. The number of nitrogens with one attached hydrogen (secondary N) is 1. The van der Waals surface area contributed by atoms with Gasteiger partial charge in [-0.15, -0.1) is 11.3 Å². The van der Waals surface area contributed by atoms with Crippen molar-refractivity contribution in [1.82, 2.24) is 15.1 Å². The molecule has 2 rings (SSSR count). The van der Waals surface area contributed by atoms with Crippen LogP contribution in [0.3, 0.4) is 0 Å². The van der Waals surface area contributed by atoms with Crippen LogP contribution in [0.5, 0.6) is 0 Å². The first kappa shape index (κ1) is 12.8. The second kappa shape index (κ2) is 5.82. The van der Waals surface area contributed by atoms with Crippen molar-refractivity contribution in [2.24, 2.45) is 7.05 Å². The molecule has 5 heteroatoms. The van der Waals surface area contributed by atoms with Gasteiger partial charge in [0.1, 0.15) is 0 Å². The van der Waals surface area contributed by atoms with E-state index in [4.69, 9.17) is 0 Å². The Labute approximate surface area is 111 Å². The number of amides is 1. The molecule has 0 radical (unpaired) electrons. The van der Waals surface area contributed by atoms with Crippen LogP contribution in [-0.4, -0.2) is 22.2 Å². The summed E-state index contributed by atoms with van der Waals surface area (Å²) in [6.45, 7) is 2.73. The molecule has 0 atom stereocenters. The molecule has 0 aliphatic heterocycles. The Bertz CT molecular complexity index is 530. The molecule has 18 heavy (non-hydrogen) atoms. The number of nitrogens with zero attached hydrogens (tertiary/aromatic N) is 2. The molecular weight excluding hydrogens is 246 g/mol. The third-order valence-electron chi connectivity index (χ3n) is 2.82. The van der Waals surface area contributed by atoms with Gasteiger partial charge in [-0.1, -0.05) is 6.92 Å². The van der Waals surface area contributed by atoms with E-state index >= 15 is 0 Å². The highest BCUT2D eigenvalue weighted by Crippen LogP contribution is 2.16. The minimum atomic E-state index is 0.0156. The monoisotopic (exact) mass is 263 g/mol. The van der Waals surface area contributed by atoms with E-state index in [2.05, 4.69) is 17.3 Å². The van der Waals surface area contributed by atoms with Gasteiger partial charge in [0, 0.05) is 36.8 Å². The Morgan fingerprint density at radius 3 is 2.89 bits per heavy atom. The van der Waals surface area contributed by atoms with Crippen molar-refractivity contribution >= 4 is 17.2 Å². The van der Waals surface area contributed by atoms with Gasteiger partial charge in [0.2, 0.25) is 0 Å². The van der Waals surface area contributed by atoms with Crippen molar-refractivity contribution in [3.05, 3.63) is 39.8 Å². The molecular formula is C13H17N3OS. The molecule has 4 nitrogen and oxygen atoms in total. The number of hydrogen-bond acceptors (Lipinski definition) is 3. The van der Waals surface area contributed by atoms with Crippen LogP contribution in [0.2, 0.25) is 0 Å². The summed E-state index contributed by atoms with van der Waals surface area (Å²) in [5.74, 6) is 0.0156. The number of thiophene rings is 1. The van der Waals surface area contributed by atoms with Crippen LogP contribution in [0.15, 0.2) is 24.4 Å². The lowest BCUT2D eigenvalue weighted by molar-refractivity contribution is 0.0958. The van der Waals surface area contributed by atoms with Gasteiger partial charge in [-0.2, -0.15) is 5.10 Å². The Morgan fingerprint density at radius 1 is 1.44 bits per heavy atom. The largest absolute Gasteiger partial charge is 0.351 e. The fourth-order valence-corrected chi connectivity index (χ4v) is 2.59. The minimum absolute atomic E-state index is 0.0156. The zero-order valence-electron chi connectivity index (χ0n) is 10.6. The van der Waals surface area contributed by atoms with E-state index in [1.807, 2.05) is 29.9 Å². The van der Waals surface area contributed by atoms with Crippen molar-refractivity contribution in [2.75, 3.05) is 6.54 Å². The molecule has 0 saturated heterocycles. The average Bonchev–Trinajstić information content (AvgIpc) is 2.98. The quantitative estimate of drug-likeness (QED) is 0.897. The Hall–Kier alpha value is -1.62. The summed E-state index contributed by atoms with van der Waals surface area (Å²) < 4.78 is 1.83. The Morgan fingerprint density at radius 2 is 2.28 bits per heavy atom. The highest BCUT2D eigenvalue weighted by Gasteiger charge is 2.08. The summed E-state index contributed by atoms with van der Waals surface area (Å²) in [5, 5.41) is 7.03. The van der Waals surface area contributed by atoms with Gasteiger partial charge in [-0.3, -0.25) is 9.48 Å². The molecule has 1 amide bonds. The first-order chi connectivity index (χ1) is 8.70. The maximum Gasteiger partial charge on any atom is 0.261 e. The van der Waals surface area contributed by atoms with Crippen molar-refractivity contribution in [3.63, 3.8) is 0 Å². The molecule has 2 aromatic heterocycles. The third kappa shape index (κ3) is 2.98. The zero-order chi connectivity index (χ0) is 13.0. The maximum absolute atomic E-state index is 11.9. The van der Waals surface area contributed by atoms with Gasteiger partial charge in [-0.05, 0) is 24.6 Å². The Balaban J connectivity index is 1.83. The third-order valence-corrected chi connectivity index (χ3v) is 4.05. The van der Waals surface area contributed by atoms with Crippen LogP contribution >= 0.6 is 11.3 Å². The molecule has 0 aliphatic carbocycles. The summed E-state index contributed by atoms with van der Waals surface area (Å²) in [6, 6.07) is 5.87. The lowest BCUT2D eigenvalue weighted by Gasteiger charge is -2.04. The lowest BCUT2D eigenvalue weighted by atomic mass is 10.3. The van der Waals surface area contributed by atoms with E-state index in [9.17, 15) is 4.79 Å². The van der Waals surface area contributed by atoms with Gasteiger partial charge in [-0.25, -0.2) is 0 Å². The van der Waals surface area contributed by atoms with E-state index in [0.717, 1.165) is 23.4 Å². The van der Waals surface area contributed by atoms with E-state index in [1.54, 1.807) is 17.5 Å². The highest BCUT2D eigenvalue weighted by atomic mass is 32.1. The van der Waals surface area contributed by atoms with E-state index in [0.29, 0.717) is 6.54 Å². The van der Waals surface area contributed by atoms with Crippen LogP contribution in [0.1, 0.15) is 27.2 Å². The molecule has 0 fully saturated rings. The summed E-state index contributed by atoms with van der Waals surface area (Å²) in [7, 11) is 1.91. The molecule has 0 aromatic carbocycles. The molecule has 0 aliphatic rings. The molecule has 0 unspecified atom stereocenters. The predicted molar refractivity (Wildman–Crippen MR) is 72.9 cm³/mol. The van der Waals surface area contributed by atoms with Crippen molar-refractivity contribution < 1.29 is 4.79 Å². The molecule has 2 aromatic rings. The first-order valence-corrected chi connectivity index (χ1v) is 6.86. The molecule has 0 spiro atoms. The van der Waals surface area contributed by atoms with Gasteiger partial charge >= 0.3 is 0 Å². The van der Waals surface area contributed by atoms with E-state index < -0.39 is 0 Å². The fraction of sp³-hybridized carbons (Fsp3) is 0.385. The summed E-state index contributed by atoms with van der Waals surface area (Å²) in [4.78, 5) is 13.9. The normalized spacial score (nSPS) is 10.6. The van der Waals surface area contributed by atoms with E-state index in [1.165, 1.54) is 4.88 Å². The summed E-state index contributed by atoms with van der Waals surface area (Å²) in [6.07, 6.45) is 3.55. The standard InChI is InChI=1S/C13H17N3OS/c1-3-11-4-5-12(18-11)13(17)14-8-6-10-7-9-15-16(10)2/h4-5,7,9H,3,6,8H2,1-2H3,(H,14,17). The number of rotatable bonds is 5. The van der Waals surface area contributed by atoms with E-state index in [-0.39, 0.29) is 5.91 Å². The second-order valence-electron chi connectivity index (χ2n) is 4.07. The number of hydrogen-bond donors (Lipinski definition) is 1. The average molecular weight is 263 g/mol. The van der Waals surface area contributed by atoms with Crippen LogP contribution < -0.4 is 5.32 Å². The van der Waals surface area contributed by atoms with Crippen molar-refractivity contribution in [2.45, 2.75) is 19.8 Å². The van der Waals surface area contributed by atoms with Gasteiger partial charge in [0.25, 0.3) is 5.91 Å². The zero-order valence-corrected chi connectivity index (χ0v) is 11.5. The Kier molecular flexibility index (Phi) is 4.15. The van der Waals surface area contributed by atoms with Crippen molar-refractivity contribution in [1.29, 1.82) is 0 Å². The summed E-state index contributed by atoms with van der Waals surface area (Å²) >= 11 is 1.56. The highest BCUT2D eigenvalue weighted by molar-refractivity contribution is 7.14. The molecule has 2 heterocycles. The van der Waals surface area contributed by atoms with Gasteiger partial charge in [0.05, 0.1) is 4.88 Å². The first-order valence-electron chi connectivity index (χ1n) is 6.04. The molecule has 96 valence electrons. The number of carbonyl (C=O) groups is 1. The smallest absolute Gasteiger partial charge is 0.261 e. The van der Waals surface area contributed by atoms with Crippen molar-refractivity contribution in [3.8, 4) is 0 Å². The van der Waals surface area contributed by atoms with Crippen LogP contribution in [0, 0.1) is 0 Å². The minimum Gasteiger partial charge on any atom is -0.351 e. The number of aromatic nitrogens is 2. The molecule has 0 saturated carbocycles. The van der Waals surface area contributed by atoms with Crippen LogP contribution in [-0.2, 0) is 19.9 Å². The van der Waals surface area contributed by atoms with Gasteiger partial charge in [0.15, 0.2) is 0 Å². The lowest BCUT2D eigenvalue weighted by Crippen LogP contribution is -2.25. The van der Waals surface area contributed by atoms with Gasteiger partial charge < -0.3 is 5.32 Å². The number of aryl methyl sites for hydroxylation is 2. The summed E-state index contributed by atoms with van der Waals surface area (Å²) in [5.41, 5.74) is 1.12. The SMILES string of the molecule is CCc1ccc(C(=O)NCCc2ccnn2C)s1. The topological polar surface area (TPSA) is 46.9 Å². The number of carbonyl (C=O) groups excluding carboxylic acids is 1. The molecule has 0 bridgehead atoms. The predicted octanol–water partition coefficient (Wildman–Crippen LogP) is 2.02.